The first-order valence-corrected chi connectivity index (χ1v) is 9.14. The molecule has 0 spiro atoms. The highest BCUT2D eigenvalue weighted by molar-refractivity contribution is 7.94. The highest BCUT2D eigenvalue weighted by Crippen LogP contribution is 2.25. The molecule has 22 heavy (non-hydrogen) atoms. The van der Waals surface area contributed by atoms with E-state index in [2.05, 4.69) is 15.1 Å². The highest BCUT2D eigenvalue weighted by atomic mass is 32.2. The summed E-state index contributed by atoms with van der Waals surface area (Å²) in [6.07, 6.45) is 3.29. The van der Waals surface area contributed by atoms with Crippen molar-refractivity contribution in [3.05, 3.63) is 28.8 Å². The molecule has 2 aromatic heterocycles. The molecule has 0 saturated heterocycles. The Morgan fingerprint density at radius 1 is 1.45 bits per heavy atom. The number of hydrogen-bond acceptors (Lipinski definition) is 5. The van der Waals surface area contributed by atoms with Crippen molar-refractivity contribution in [2.75, 3.05) is 4.72 Å². The number of carbonyl (C=O) groups is 1. The molecule has 1 amide bonds. The van der Waals surface area contributed by atoms with E-state index >= 15 is 0 Å². The topological polar surface area (TPSA) is 93.1 Å². The fraction of sp³-hybridized carbons (Fsp3) is 0.385. The lowest BCUT2D eigenvalue weighted by Gasteiger charge is -2.09. The van der Waals surface area contributed by atoms with Crippen LogP contribution in [0.25, 0.3) is 0 Å². The standard InChI is InChI=1S/C13H16N4O3S2/c1-8-5-11(21-7-8)22(19,20)16-12-10(6-14-17(12)2)13(18)15-9-3-4-9/h5-7,9,16H,3-4H2,1-2H3,(H,15,18). The van der Waals surface area contributed by atoms with Gasteiger partial charge in [0.2, 0.25) is 0 Å². The minimum absolute atomic E-state index is 0.171. The molecule has 0 unspecified atom stereocenters. The molecule has 0 bridgehead atoms. The van der Waals surface area contributed by atoms with Gasteiger partial charge in [0.15, 0.2) is 5.82 Å². The van der Waals surface area contributed by atoms with Crippen LogP contribution < -0.4 is 10.0 Å². The van der Waals surface area contributed by atoms with Gasteiger partial charge in [0.1, 0.15) is 9.77 Å². The number of rotatable bonds is 5. The van der Waals surface area contributed by atoms with Gasteiger partial charge in [-0.1, -0.05) is 0 Å². The molecule has 0 aromatic carbocycles. The number of amides is 1. The van der Waals surface area contributed by atoms with Crippen LogP contribution in [-0.2, 0) is 17.1 Å². The number of aryl methyl sites for hydroxylation is 2. The van der Waals surface area contributed by atoms with Crippen molar-refractivity contribution in [3.8, 4) is 0 Å². The summed E-state index contributed by atoms with van der Waals surface area (Å²) in [5, 5.41) is 8.57. The van der Waals surface area contributed by atoms with Gasteiger partial charge < -0.3 is 5.32 Å². The fourth-order valence-corrected chi connectivity index (χ4v) is 4.28. The molecule has 7 nitrogen and oxygen atoms in total. The minimum atomic E-state index is -3.73. The number of carbonyl (C=O) groups excluding carboxylic acids is 1. The molecule has 3 rings (SSSR count). The van der Waals surface area contributed by atoms with E-state index < -0.39 is 10.0 Å². The summed E-state index contributed by atoms with van der Waals surface area (Å²) in [5.74, 6) is -0.139. The van der Waals surface area contributed by atoms with E-state index in [4.69, 9.17) is 0 Å². The summed E-state index contributed by atoms with van der Waals surface area (Å²) in [5.41, 5.74) is 1.10. The Labute approximate surface area is 132 Å². The Bertz CT molecular complexity index is 818. The maximum absolute atomic E-state index is 12.4. The first kappa shape index (κ1) is 15.0. The zero-order valence-corrected chi connectivity index (χ0v) is 13.8. The Morgan fingerprint density at radius 2 is 2.18 bits per heavy atom. The van der Waals surface area contributed by atoms with Gasteiger partial charge in [-0.3, -0.25) is 14.2 Å². The van der Waals surface area contributed by atoms with Gasteiger partial charge in [-0.2, -0.15) is 5.10 Å². The van der Waals surface area contributed by atoms with Crippen molar-refractivity contribution in [3.63, 3.8) is 0 Å². The zero-order chi connectivity index (χ0) is 15.9. The van der Waals surface area contributed by atoms with E-state index in [0.717, 1.165) is 29.7 Å². The molecule has 0 atom stereocenters. The lowest BCUT2D eigenvalue weighted by atomic mass is 10.3. The van der Waals surface area contributed by atoms with Crippen molar-refractivity contribution < 1.29 is 13.2 Å². The third-order valence-corrected chi connectivity index (χ3v) is 6.19. The third kappa shape index (κ3) is 3.00. The number of anilines is 1. The van der Waals surface area contributed by atoms with Crippen LogP contribution in [0.4, 0.5) is 5.82 Å². The van der Waals surface area contributed by atoms with Crippen LogP contribution >= 0.6 is 11.3 Å². The molecular weight excluding hydrogens is 324 g/mol. The predicted molar refractivity (Wildman–Crippen MR) is 83.6 cm³/mol. The quantitative estimate of drug-likeness (QED) is 0.862. The van der Waals surface area contributed by atoms with Crippen molar-refractivity contribution in [2.45, 2.75) is 30.0 Å². The van der Waals surface area contributed by atoms with Gasteiger partial charge in [0, 0.05) is 13.1 Å². The zero-order valence-electron chi connectivity index (χ0n) is 12.2. The molecule has 1 saturated carbocycles. The number of nitrogens with zero attached hydrogens (tertiary/aromatic N) is 2. The first-order valence-electron chi connectivity index (χ1n) is 6.77. The van der Waals surface area contributed by atoms with Crippen LogP contribution in [0.15, 0.2) is 21.9 Å². The smallest absolute Gasteiger partial charge is 0.272 e. The van der Waals surface area contributed by atoms with Crippen molar-refractivity contribution in [1.82, 2.24) is 15.1 Å². The Balaban J connectivity index is 1.88. The predicted octanol–water partition coefficient (Wildman–Crippen LogP) is 1.48. The van der Waals surface area contributed by atoms with Gasteiger partial charge in [0.25, 0.3) is 15.9 Å². The van der Waals surface area contributed by atoms with Crippen LogP contribution in [-0.4, -0.2) is 30.1 Å². The van der Waals surface area contributed by atoms with Crippen molar-refractivity contribution in [2.24, 2.45) is 7.05 Å². The van der Waals surface area contributed by atoms with Crippen LogP contribution in [0, 0.1) is 6.92 Å². The second kappa shape index (κ2) is 5.40. The summed E-state index contributed by atoms with van der Waals surface area (Å²) in [4.78, 5) is 12.2. The molecule has 1 aliphatic rings. The third-order valence-electron chi connectivity index (χ3n) is 3.30. The Hall–Kier alpha value is -1.87. The maximum Gasteiger partial charge on any atom is 0.272 e. The number of hydrogen-bond donors (Lipinski definition) is 2. The molecule has 2 N–H and O–H groups in total. The van der Waals surface area contributed by atoms with Crippen LogP contribution in [0.1, 0.15) is 28.8 Å². The van der Waals surface area contributed by atoms with Crippen LogP contribution in [0.5, 0.6) is 0 Å². The maximum atomic E-state index is 12.4. The molecule has 2 heterocycles. The van der Waals surface area contributed by atoms with Crippen molar-refractivity contribution >= 4 is 33.1 Å². The van der Waals surface area contributed by atoms with Crippen LogP contribution in [0.3, 0.4) is 0 Å². The number of sulfonamides is 1. The lowest BCUT2D eigenvalue weighted by Crippen LogP contribution is -2.26. The van der Waals surface area contributed by atoms with E-state index in [1.54, 1.807) is 18.5 Å². The summed E-state index contributed by atoms with van der Waals surface area (Å²) >= 11 is 1.14. The van der Waals surface area contributed by atoms with E-state index in [1.807, 2.05) is 6.92 Å². The minimum Gasteiger partial charge on any atom is -0.349 e. The SMILES string of the molecule is Cc1csc(S(=O)(=O)Nc2c(C(=O)NC3CC3)cnn2C)c1. The molecule has 1 aliphatic carbocycles. The number of nitrogens with one attached hydrogen (secondary N) is 2. The summed E-state index contributed by atoms with van der Waals surface area (Å²) in [6.45, 7) is 1.83. The average molecular weight is 340 g/mol. The molecule has 1 fully saturated rings. The second-order valence-corrected chi connectivity index (χ2v) is 8.15. The van der Waals surface area contributed by atoms with Gasteiger partial charge >= 0.3 is 0 Å². The van der Waals surface area contributed by atoms with E-state index in [-0.39, 0.29) is 27.5 Å². The Morgan fingerprint density at radius 3 is 2.77 bits per heavy atom. The van der Waals surface area contributed by atoms with E-state index in [1.165, 1.54) is 10.9 Å². The molecular formula is C13H16N4O3S2. The number of thiophene rings is 1. The van der Waals surface area contributed by atoms with Gasteiger partial charge in [-0.25, -0.2) is 8.42 Å². The first-order chi connectivity index (χ1) is 10.4. The molecule has 0 radical (unpaired) electrons. The van der Waals surface area contributed by atoms with E-state index in [9.17, 15) is 13.2 Å². The number of aromatic nitrogens is 2. The molecule has 2 aromatic rings. The molecule has 118 valence electrons. The monoisotopic (exact) mass is 340 g/mol. The average Bonchev–Trinajstić information content (AvgIpc) is 3.02. The second-order valence-electron chi connectivity index (χ2n) is 5.33. The summed E-state index contributed by atoms with van der Waals surface area (Å²) in [6, 6.07) is 1.78. The largest absolute Gasteiger partial charge is 0.349 e. The van der Waals surface area contributed by atoms with E-state index in [0.29, 0.717) is 0 Å². The normalized spacial score (nSPS) is 14.8. The Kier molecular flexibility index (Phi) is 3.69. The van der Waals surface area contributed by atoms with Gasteiger partial charge in [-0.05, 0) is 36.8 Å². The van der Waals surface area contributed by atoms with Gasteiger partial charge in [-0.15, -0.1) is 11.3 Å². The summed E-state index contributed by atoms with van der Waals surface area (Å²) < 4.78 is 28.8. The lowest BCUT2D eigenvalue weighted by molar-refractivity contribution is 0.0952. The molecule has 9 heteroatoms. The van der Waals surface area contributed by atoms with Crippen LogP contribution in [0.2, 0.25) is 0 Å². The summed E-state index contributed by atoms with van der Waals surface area (Å²) in [7, 11) is -2.14. The highest BCUT2D eigenvalue weighted by Gasteiger charge is 2.28. The molecule has 0 aliphatic heterocycles. The fourth-order valence-electron chi connectivity index (χ4n) is 1.94. The van der Waals surface area contributed by atoms with Crippen molar-refractivity contribution in [1.29, 1.82) is 0 Å². The van der Waals surface area contributed by atoms with Gasteiger partial charge in [0.05, 0.1) is 6.20 Å².